The molecule has 0 spiro atoms. The second-order valence-electron chi connectivity index (χ2n) is 9.94. The van der Waals surface area contributed by atoms with Crippen LogP contribution in [0.4, 0.5) is 10.6 Å². The van der Waals surface area contributed by atoms with Crippen LogP contribution in [-0.4, -0.2) is 102 Å². The molecule has 0 bridgehead atoms. The van der Waals surface area contributed by atoms with Gasteiger partial charge in [-0.3, -0.25) is 14.1 Å². The van der Waals surface area contributed by atoms with Gasteiger partial charge in [-0.2, -0.15) is 5.26 Å². The zero-order valence-electron chi connectivity index (χ0n) is 22.4. The maximum atomic E-state index is 12.1. The van der Waals surface area contributed by atoms with E-state index in [1.165, 1.54) is 0 Å². The van der Waals surface area contributed by atoms with Crippen LogP contribution in [0.25, 0.3) is 16.7 Å². The molecule has 0 N–H and O–H groups in total. The van der Waals surface area contributed by atoms with Crippen LogP contribution in [0.2, 0.25) is 0 Å². The van der Waals surface area contributed by atoms with E-state index < -0.39 is 0 Å². The first-order valence-electron chi connectivity index (χ1n) is 13.4. The van der Waals surface area contributed by atoms with Crippen molar-refractivity contribution in [2.75, 3.05) is 70.4 Å². The molecular formula is C29H39N7O3. The van der Waals surface area contributed by atoms with Crippen molar-refractivity contribution in [3.05, 3.63) is 41.0 Å². The molecule has 2 saturated heterocycles. The number of nitrogens with zero attached hydrogens (tertiary/aromatic N) is 7. The van der Waals surface area contributed by atoms with Gasteiger partial charge in [-0.25, -0.2) is 9.78 Å². The van der Waals surface area contributed by atoms with Gasteiger partial charge in [0.2, 0.25) is 5.91 Å². The van der Waals surface area contributed by atoms with Gasteiger partial charge in [0.05, 0.1) is 23.2 Å². The average Bonchev–Trinajstić information content (AvgIpc) is 3.31. The van der Waals surface area contributed by atoms with Gasteiger partial charge < -0.3 is 19.4 Å². The zero-order chi connectivity index (χ0) is 26.8. The molecule has 2 amide bonds. The number of carbonyl (C=O) groups is 2. The molecule has 0 unspecified atom stereocenters. The van der Waals surface area contributed by atoms with Crippen molar-refractivity contribution >= 4 is 34.5 Å². The first-order valence-corrected chi connectivity index (χ1v) is 13.4. The lowest BCUT2D eigenvalue weighted by Crippen LogP contribution is -2.50. The predicted molar refractivity (Wildman–Crippen MR) is 152 cm³/mol. The Morgan fingerprint density at radius 3 is 2.33 bits per heavy atom. The topological polar surface area (TPSA) is 97.4 Å². The molecule has 0 radical (unpaired) electrons. The summed E-state index contributed by atoms with van der Waals surface area (Å²) in [4.78, 5) is 37.3. The maximum Gasteiger partial charge on any atom is 0.409 e. The second-order valence-corrected chi connectivity index (χ2v) is 9.94. The number of anilines is 1. The SMILES string of the molecule is C.CCOC(=O)N1CCN(CCc2c(C)c(C#N)c3nc4ccccc4n3c2N2CCN(C(C)=O)CC2)CC1. The van der Waals surface area contributed by atoms with Gasteiger partial charge in [-0.05, 0) is 43.5 Å². The standard InChI is InChI=1S/C28H35N7O3.CH4/c1-4-38-28(37)34-13-11-31(12-14-34)10-9-22-20(2)23(19-29)26-30-24-7-5-6-8-25(24)35(26)27(22)33-17-15-32(16-18-33)21(3)36;/h5-8H,4,9-18H2,1-3H3;1H4. The number of rotatable bonds is 5. The fourth-order valence-corrected chi connectivity index (χ4v) is 5.67. The monoisotopic (exact) mass is 533 g/mol. The van der Waals surface area contributed by atoms with E-state index in [9.17, 15) is 14.9 Å². The number of para-hydroxylation sites is 2. The van der Waals surface area contributed by atoms with Gasteiger partial charge in [0, 0.05) is 65.8 Å². The minimum Gasteiger partial charge on any atom is -0.450 e. The fraction of sp³-hybridized carbons (Fsp3) is 0.517. The molecule has 10 nitrogen and oxygen atoms in total. The Morgan fingerprint density at radius 1 is 1.03 bits per heavy atom. The Hall–Kier alpha value is -3.84. The van der Waals surface area contributed by atoms with Gasteiger partial charge in [0.25, 0.3) is 0 Å². The lowest BCUT2D eigenvalue weighted by Gasteiger charge is -2.38. The molecule has 2 aromatic heterocycles. The summed E-state index contributed by atoms with van der Waals surface area (Å²) in [6, 6.07) is 10.4. The molecule has 1 aromatic carbocycles. The number of nitriles is 1. The largest absolute Gasteiger partial charge is 0.450 e. The highest BCUT2D eigenvalue weighted by Gasteiger charge is 2.28. The smallest absolute Gasteiger partial charge is 0.409 e. The summed E-state index contributed by atoms with van der Waals surface area (Å²) in [5, 5.41) is 10.2. The third kappa shape index (κ3) is 5.36. The van der Waals surface area contributed by atoms with Gasteiger partial charge >= 0.3 is 6.09 Å². The number of fused-ring (bicyclic) bond motifs is 3. The zero-order valence-corrected chi connectivity index (χ0v) is 22.4. The molecule has 2 fully saturated rings. The highest BCUT2D eigenvalue weighted by atomic mass is 16.6. The molecule has 0 atom stereocenters. The molecule has 0 aliphatic carbocycles. The van der Waals surface area contributed by atoms with E-state index in [1.807, 2.05) is 36.9 Å². The Labute approximate surface area is 230 Å². The van der Waals surface area contributed by atoms with Gasteiger partial charge in [0.15, 0.2) is 5.65 Å². The van der Waals surface area contributed by atoms with Crippen LogP contribution in [0.3, 0.4) is 0 Å². The van der Waals surface area contributed by atoms with Crippen molar-refractivity contribution < 1.29 is 14.3 Å². The number of piperazine rings is 2. The lowest BCUT2D eigenvalue weighted by atomic mass is 10.0. The lowest BCUT2D eigenvalue weighted by molar-refractivity contribution is -0.129. The van der Waals surface area contributed by atoms with E-state index in [0.717, 1.165) is 67.1 Å². The Balaban J connectivity index is 0.00000353. The number of pyridine rings is 1. The molecule has 3 aromatic rings. The number of aromatic nitrogens is 2. The summed E-state index contributed by atoms with van der Waals surface area (Å²) >= 11 is 0. The van der Waals surface area contributed by atoms with Crippen LogP contribution in [0, 0.1) is 18.3 Å². The van der Waals surface area contributed by atoms with Crippen LogP contribution in [0.1, 0.15) is 38.0 Å². The van der Waals surface area contributed by atoms with Crippen molar-refractivity contribution in [1.82, 2.24) is 24.1 Å². The molecule has 2 aliphatic rings. The number of imidazole rings is 1. The minimum atomic E-state index is -0.244. The third-order valence-corrected chi connectivity index (χ3v) is 7.81. The second kappa shape index (κ2) is 11.9. The van der Waals surface area contributed by atoms with Crippen molar-refractivity contribution in [3.63, 3.8) is 0 Å². The number of hydrogen-bond donors (Lipinski definition) is 0. The van der Waals surface area contributed by atoms with E-state index in [0.29, 0.717) is 44.0 Å². The summed E-state index contributed by atoms with van der Waals surface area (Å²) < 4.78 is 7.31. The van der Waals surface area contributed by atoms with Crippen molar-refractivity contribution in [3.8, 4) is 6.07 Å². The predicted octanol–water partition coefficient (Wildman–Crippen LogP) is 3.29. The Morgan fingerprint density at radius 2 is 1.69 bits per heavy atom. The summed E-state index contributed by atoms with van der Waals surface area (Å²) in [6.07, 6.45) is 0.524. The molecule has 0 saturated carbocycles. The fourth-order valence-electron chi connectivity index (χ4n) is 5.67. The van der Waals surface area contributed by atoms with Gasteiger partial charge in [-0.1, -0.05) is 19.6 Å². The first-order chi connectivity index (χ1) is 18.4. The number of ether oxygens (including phenoxy) is 1. The minimum absolute atomic E-state index is 0. The van der Waals surface area contributed by atoms with Crippen LogP contribution in [0.15, 0.2) is 24.3 Å². The summed E-state index contributed by atoms with van der Waals surface area (Å²) in [5.41, 5.74) is 5.23. The average molecular weight is 534 g/mol. The van der Waals surface area contributed by atoms with Gasteiger partial charge in [0.1, 0.15) is 11.9 Å². The summed E-state index contributed by atoms with van der Waals surface area (Å²) in [6.45, 7) is 12.3. The first kappa shape index (κ1) is 28.2. The van der Waals surface area contributed by atoms with Crippen LogP contribution >= 0.6 is 0 Å². The molecular weight excluding hydrogens is 494 g/mol. The van der Waals surface area contributed by atoms with Crippen LogP contribution in [0.5, 0.6) is 0 Å². The number of carbonyl (C=O) groups excluding carboxylic acids is 2. The van der Waals surface area contributed by atoms with Crippen LogP contribution < -0.4 is 4.90 Å². The number of benzene rings is 1. The van der Waals surface area contributed by atoms with E-state index >= 15 is 0 Å². The van der Waals surface area contributed by atoms with E-state index in [-0.39, 0.29) is 19.4 Å². The van der Waals surface area contributed by atoms with E-state index in [2.05, 4.69) is 26.3 Å². The van der Waals surface area contributed by atoms with Gasteiger partial charge in [-0.15, -0.1) is 0 Å². The molecule has 208 valence electrons. The maximum absolute atomic E-state index is 12.1. The van der Waals surface area contributed by atoms with E-state index in [1.54, 1.807) is 11.8 Å². The summed E-state index contributed by atoms with van der Waals surface area (Å²) in [5.74, 6) is 1.17. The molecule has 2 aliphatic heterocycles. The Bertz CT molecular complexity index is 1390. The Kier molecular flexibility index (Phi) is 8.60. The molecule has 39 heavy (non-hydrogen) atoms. The van der Waals surface area contributed by atoms with Crippen molar-refractivity contribution in [2.24, 2.45) is 0 Å². The van der Waals surface area contributed by atoms with Crippen molar-refractivity contribution in [2.45, 2.75) is 34.6 Å². The number of amides is 2. The normalized spacial score (nSPS) is 16.3. The highest BCUT2D eigenvalue weighted by molar-refractivity contribution is 5.86. The third-order valence-electron chi connectivity index (χ3n) is 7.81. The quantitative estimate of drug-likeness (QED) is 0.496. The highest BCUT2D eigenvalue weighted by Crippen LogP contribution is 2.34. The summed E-state index contributed by atoms with van der Waals surface area (Å²) in [7, 11) is 0. The van der Waals surface area contributed by atoms with Crippen LogP contribution in [-0.2, 0) is 16.0 Å². The van der Waals surface area contributed by atoms with E-state index in [4.69, 9.17) is 9.72 Å². The molecule has 5 rings (SSSR count). The van der Waals surface area contributed by atoms with Crippen molar-refractivity contribution in [1.29, 1.82) is 5.26 Å². The molecule has 10 heteroatoms. The number of hydrogen-bond acceptors (Lipinski definition) is 7. The molecule has 4 heterocycles.